The number of nitro benzene ring substituents is 1. The van der Waals surface area contributed by atoms with Crippen molar-refractivity contribution in [2.75, 3.05) is 13.6 Å². The van der Waals surface area contributed by atoms with Gasteiger partial charge in [-0.25, -0.2) is 8.42 Å². The Labute approximate surface area is 139 Å². The standard InChI is InChI=1S/C13H18ClN3O5S/c1-13(2,3)15-12(18)8-16(4)23(21,22)11-6-5-9(14)7-10(11)17(19)20/h5-7H,8H2,1-4H3,(H,15,18). The number of nitrogens with zero attached hydrogens (tertiary/aromatic N) is 2. The maximum Gasteiger partial charge on any atom is 0.290 e. The first-order valence-electron chi connectivity index (χ1n) is 6.56. The summed E-state index contributed by atoms with van der Waals surface area (Å²) < 4.78 is 25.7. The van der Waals surface area contributed by atoms with Crippen LogP contribution in [0.5, 0.6) is 0 Å². The lowest BCUT2D eigenvalue weighted by molar-refractivity contribution is -0.387. The number of likely N-dealkylation sites (N-methyl/N-ethyl adjacent to an activating group) is 1. The Morgan fingerprint density at radius 2 is 1.96 bits per heavy atom. The van der Waals surface area contributed by atoms with Gasteiger partial charge in [-0.15, -0.1) is 0 Å². The molecular weight excluding hydrogens is 346 g/mol. The zero-order valence-corrected chi connectivity index (χ0v) is 14.7. The molecule has 0 heterocycles. The van der Waals surface area contributed by atoms with Crippen LogP contribution in [0.3, 0.4) is 0 Å². The van der Waals surface area contributed by atoms with E-state index in [2.05, 4.69) is 5.32 Å². The molecule has 0 aliphatic carbocycles. The third-order valence-corrected chi connectivity index (χ3v) is 4.77. The second-order valence-electron chi connectivity index (χ2n) is 5.93. The van der Waals surface area contributed by atoms with E-state index in [9.17, 15) is 23.3 Å². The maximum atomic E-state index is 12.5. The number of amides is 1. The van der Waals surface area contributed by atoms with Crippen LogP contribution < -0.4 is 5.32 Å². The highest BCUT2D eigenvalue weighted by molar-refractivity contribution is 7.89. The van der Waals surface area contributed by atoms with E-state index in [4.69, 9.17) is 11.6 Å². The van der Waals surface area contributed by atoms with Crippen LogP contribution in [0.25, 0.3) is 0 Å². The Morgan fingerprint density at radius 3 is 2.43 bits per heavy atom. The Hall–Kier alpha value is -1.71. The van der Waals surface area contributed by atoms with Crippen molar-refractivity contribution in [1.82, 2.24) is 9.62 Å². The molecule has 1 aromatic rings. The number of benzene rings is 1. The minimum absolute atomic E-state index is 0.0452. The maximum absolute atomic E-state index is 12.5. The molecular formula is C13H18ClN3O5S. The summed E-state index contributed by atoms with van der Waals surface area (Å²) in [6.45, 7) is 4.80. The average molecular weight is 364 g/mol. The Morgan fingerprint density at radius 1 is 1.39 bits per heavy atom. The lowest BCUT2D eigenvalue weighted by atomic mass is 10.1. The van der Waals surface area contributed by atoms with Crippen LogP contribution in [0.2, 0.25) is 5.02 Å². The Bertz CT molecular complexity index is 728. The van der Waals surface area contributed by atoms with Crippen molar-refractivity contribution >= 4 is 33.2 Å². The van der Waals surface area contributed by atoms with Crippen molar-refractivity contribution in [2.45, 2.75) is 31.2 Å². The van der Waals surface area contributed by atoms with E-state index in [0.29, 0.717) is 0 Å². The number of nitro groups is 1. The molecule has 0 aliphatic rings. The van der Waals surface area contributed by atoms with Crippen molar-refractivity contribution < 1.29 is 18.1 Å². The number of sulfonamides is 1. The molecule has 1 N–H and O–H groups in total. The van der Waals surface area contributed by atoms with Crippen molar-refractivity contribution in [3.05, 3.63) is 33.3 Å². The fourth-order valence-corrected chi connectivity index (χ4v) is 3.19. The first kappa shape index (κ1) is 19.3. The molecule has 0 bridgehead atoms. The van der Waals surface area contributed by atoms with Gasteiger partial charge in [0.1, 0.15) is 0 Å². The average Bonchev–Trinajstić information content (AvgIpc) is 2.35. The van der Waals surface area contributed by atoms with Gasteiger partial charge >= 0.3 is 0 Å². The van der Waals surface area contributed by atoms with Crippen molar-refractivity contribution in [1.29, 1.82) is 0 Å². The summed E-state index contributed by atoms with van der Waals surface area (Å²) in [6, 6.07) is 3.25. The summed E-state index contributed by atoms with van der Waals surface area (Å²) in [6.07, 6.45) is 0. The molecule has 128 valence electrons. The van der Waals surface area contributed by atoms with Crippen LogP contribution in [0.4, 0.5) is 5.69 Å². The molecule has 0 aromatic heterocycles. The third-order valence-electron chi connectivity index (χ3n) is 2.69. The predicted octanol–water partition coefficient (Wildman–Crippen LogP) is 1.78. The van der Waals surface area contributed by atoms with Gasteiger partial charge < -0.3 is 5.32 Å². The number of halogens is 1. The summed E-state index contributed by atoms with van der Waals surface area (Å²) in [4.78, 5) is 21.5. The van der Waals surface area contributed by atoms with E-state index in [0.717, 1.165) is 16.4 Å². The molecule has 1 amide bonds. The van der Waals surface area contributed by atoms with E-state index in [1.54, 1.807) is 20.8 Å². The van der Waals surface area contributed by atoms with Crippen molar-refractivity contribution in [3.63, 3.8) is 0 Å². The SMILES string of the molecule is CN(CC(=O)NC(C)(C)C)S(=O)(=O)c1ccc(Cl)cc1[N+](=O)[O-]. The molecule has 0 radical (unpaired) electrons. The fourth-order valence-electron chi connectivity index (χ4n) is 1.76. The first-order valence-corrected chi connectivity index (χ1v) is 8.37. The predicted molar refractivity (Wildman–Crippen MR) is 85.8 cm³/mol. The van der Waals surface area contributed by atoms with E-state index < -0.39 is 43.5 Å². The van der Waals surface area contributed by atoms with Crippen LogP contribution >= 0.6 is 11.6 Å². The number of nitrogens with one attached hydrogen (secondary N) is 1. The van der Waals surface area contributed by atoms with Gasteiger partial charge in [-0.1, -0.05) is 11.6 Å². The van der Waals surface area contributed by atoms with E-state index in [-0.39, 0.29) is 5.02 Å². The molecule has 0 unspecified atom stereocenters. The van der Waals surface area contributed by atoms with Gasteiger partial charge in [0, 0.05) is 23.7 Å². The number of carbonyl (C=O) groups is 1. The van der Waals surface area contributed by atoms with Gasteiger partial charge in [-0.2, -0.15) is 4.31 Å². The minimum atomic E-state index is -4.21. The summed E-state index contributed by atoms with van der Waals surface area (Å²) in [5, 5.41) is 13.7. The van der Waals surface area contributed by atoms with Crippen LogP contribution in [-0.2, 0) is 14.8 Å². The van der Waals surface area contributed by atoms with E-state index in [1.807, 2.05) is 0 Å². The van der Waals surface area contributed by atoms with Gasteiger partial charge in [0.2, 0.25) is 15.9 Å². The van der Waals surface area contributed by atoms with Gasteiger partial charge in [-0.05, 0) is 32.9 Å². The number of hydrogen-bond donors (Lipinski definition) is 1. The van der Waals surface area contributed by atoms with Gasteiger partial charge in [0.25, 0.3) is 5.69 Å². The highest BCUT2D eigenvalue weighted by atomic mass is 35.5. The molecule has 0 spiro atoms. The fraction of sp³-hybridized carbons (Fsp3) is 0.462. The Kier molecular flexibility index (Phi) is 5.73. The number of rotatable bonds is 5. The highest BCUT2D eigenvalue weighted by Crippen LogP contribution is 2.28. The zero-order valence-electron chi connectivity index (χ0n) is 13.2. The van der Waals surface area contributed by atoms with Gasteiger partial charge in [-0.3, -0.25) is 14.9 Å². The number of carbonyl (C=O) groups excluding carboxylic acids is 1. The third kappa shape index (κ3) is 5.15. The monoisotopic (exact) mass is 363 g/mol. The van der Waals surface area contributed by atoms with Gasteiger partial charge in [0.05, 0.1) is 11.5 Å². The van der Waals surface area contributed by atoms with Gasteiger partial charge in [0.15, 0.2) is 4.90 Å². The summed E-state index contributed by atoms with van der Waals surface area (Å²) in [7, 11) is -3.03. The smallest absolute Gasteiger partial charge is 0.290 e. The van der Waals surface area contributed by atoms with Crippen LogP contribution in [0.1, 0.15) is 20.8 Å². The zero-order chi connectivity index (χ0) is 18.0. The van der Waals surface area contributed by atoms with Crippen LogP contribution in [0, 0.1) is 10.1 Å². The molecule has 1 aromatic carbocycles. The largest absolute Gasteiger partial charge is 0.350 e. The van der Waals surface area contributed by atoms with Crippen molar-refractivity contribution in [2.24, 2.45) is 0 Å². The topological polar surface area (TPSA) is 110 Å². The molecule has 0 atom stereocenters. The van der Waals surface area contributed by atoms with E-state index in [1.165, 1.54) is 13.1 Å². The molecule has 0 fully saturated rings. The van der Waals surface area contributed by atoms with E-state index >= 15 is 0 Å². The molecule has 10 heteroatoms. The summed E-state index contributed by atoms with van der Waals surface area (Å²) in [5.41, 5.74) is -1.16. The summed E-state index contributed by atoms with van der Waals surface area (Å²) in [5.74, 6) is -0.514. The molecule has 0 saturated heterocycles. The summed E-state index contributed by atoms with van der Waals surface area (Å²) >= 11 is 5.67. The first-order chi connectivity index (χ1) is 10.3. The van der Waals surface area contributed by atoms with Crippen LogP contribution in [0.15, 0.2) is 23.1 Å². The molecule has 23 heavy (non-hydrogen) atoms. The highest BCUT2D eigenvalue weighted by Gasteiger charge is 2.31. The second kappa shape index (κ2) is 6.81. The number of hydrogen-bond acceptors (Lipinski definition) is 5. The lowest BCUT2D eigenvalue weighted by Crippen LogP contribution is -2.46. The molecule has 8 nitrogen and oxygen atoms in total. The van der Waals surface area contributed by atoms with Crippen LogP contribution in [-0.4, -0.2) is 42.7 Å². The normalized spacial score (nSPS) is 12.3. The molecule has 0 aliphatic heterocycles. The Balaban J connectivity index is 3.12. The molecule has 1 rings (SSSR count). The minimum Gasteiger partial charge on any atom is -0.350 e. The molecule has 0 saturated carbocycles. The second-order valence-corrected chi connectivity index (χ2v) is 8.38. The van der Waals surface area contributed by atoms with Crippen molar-refractivity contribution in [3.8, 4) is 0 Å². The lowest BCUT2D eigenvalue weighted by Gasteiger charge is -2.23. The quantitative estimate of drug-likeness (QED) is 0.633.